The van der Waals surface area contributed by atoms with Crippen LogP contribution in [0.3, 0.4) is 0 Å². The first kappa shape index (κ1) is 20.9. The highest BCUT2D eigenvalue weighted by Gasteiger charge is 2.27. The molecule has 3 heterocycles. The Bertz CT molecular complexity index is 1050. The summed E-state index contributed by atoms with van der Waals surface area (Å²) >= 11 is 6.05. The number of carbonyl (C=O) groups excluding carboxylic acids is 1. The van der Waals surface area contributed by atoms with Gasteiger partial charge < -0.3 is 14.2 Å². The highest BCUT2D eigenvalue weighted by molar-refractivity contribution is 6.30. The maximum atomic E-state index is 12.8. The quantitative estimate of drug-likeness (QED) is 0.588. The number of aromatic nitrogens is 2. The minimum absolute atomic E-state index is 0.140. The fourth-order valence-corrected chi connectivity index (χ4v) is 4.14. The number of rotatable bonds is 5. The van der Waals surface area contributed by atoms with Gasteiger partial charge in [0.15, 0.2) is 0 Å². The molecule has 0 saturated heterocycles. The van der Waals surface area contributed by atoms with Crippen molar-refractivity contribution in [2.75, 3.05) is 13.2 Å². The van der Waals surface area contributed by atoms with Crippen LogP contribution in [-0.2, 0) is 29.0 Å². The normalized spacial score (nSPS) is 14.2. The van der Waals surface area contributed by atoms with Crippen LogP contribution in [0.1, 0.15) is 44.0 Å². The smallest absolute Gasteiger partial charge is 0.225 e. The van der Waals surface area contributed by atoms with Crippen LogP contribution in [-0.4, -0.2) is 39.1 Å². The van der Waals surface area contributed by atoms with E-state index in [1.54, 1.807) is 0 Å². The number of amides is 1. The summed E-state index contributed by atoms with van der Waals surface area (Å²) in [4.78, 5) is 19.4. The number of fused-ring (bicyclic) bond motifs is 3. The number of hydrogen-bond donors (Lipinski definition) is 0. The van der Waals surface area contributed by atoms with Gasteiger partial charge in [-0.3, -0.25) is 4.79 Å². The number of halogens is 1. The van der Waals surface area contributed by atoms with Gasteiger partial charge in [0.1, 0.15) is 5.65 Å². The number of pyridine rings is 1. The molecule has 1 aliphatic heterocycles. The van der Waals surface area contributed by atoms with Gasteiger partial charge >= 0.3 is 0 Å². The molecule has 6 heteroatoms. The molecule has 4 rings (SSSR count). The summed E-state index contributed by atoms with van der Waals surface area (Å²) in [5.74, 6) is 0.140. The Kier molecular flexibility index (Phi) is 5.85. The summed E-state index contributed by atoms with van der Waals surface area (Å²) < 4.78 is 8.00. The van der Waals surface area contributed by atoms with Gasteiger partial charge in [0.25, 0.3) is 0 Å². The van der Waals surface area contributed by atoms with Crippen molar-refractivity contribution in [2.45, 2.75) is 52.3 Å². The van der Waals surface area contributed by atoms with Crippen LogP contribution < -0.4 is 0 Å². The first-order chi connectivity index (χ1) is 14.3. The molecular formula is C24H28ClN3O2. The Morgan fingerprint density at radius 2 is 1.97 bits per heavy atom. The van der Waals surface area contributed by atoms with Gasteiger partial charge in [-0.2, -0.15) is 0 Å². The second-order valence-electron chi connectivity index (χ2n) is 8.79. The van der Waals surface area contributed by atoms with E-state index < -0.39 is 0 Å². The third kappa shape index (κ3) is 4.52. The van der Waals surface area contributed by atoms with Crippen LogP contribution >= 0.6 is 11.6 Å². The maximum absolute atomic E-state index is 12.8. The highest BCUT2D eigenvalue weighted by Crippen LogP contribution is 2.31. The van der Waals surface area contributed by atoms with Crippen molar-refractivity contribution in [1.29, 1.82) is 0 Å². The van der Waals surface area contributed by atoms with E-state index in [4.69, 9.17) is 16.3 Å². The molecule has 0 saturated carbocycles. The van der Waals surface area contributed by atoms with Crippen LogP contribution in [0.25, 0.3) is 11.0 Å². The van der Waals surface area contributed by atoms with Gasteiger partial charge in [-0.15, -0.1) is 0 Å². The van der Waals surface area contributed by atoms with Crippen molar-refractivity contribution in [3.8, 4) is 0 Å². The van der Waals surface area contributed by atoms with Crippen molar-refractivity contribution in [2.24, 2.45) is 0 Å². The molecule has 0 fully saturated rings. The van der Waals surface area contributed by atoms with Crippen molar-refractivity contribution in [3.63, 3.8) is 0 Å². The fraction of sp³-hybridized carbons (Fsp3) is 0.417. The minimum Gasteiger partial charge on any atom is -0.375 e. The standard InChI is InChI=1S/C24H28ClN3O2/c1-24(2,3)30-14-11-22(29)27-13-10-19-20-5-4-12-26-23(20)28(21(19)16-27)15-17-6-8-18(25)9-7-17/h4-9,12H,10-11,13-16H2,1-3H3. The molecule has 5 nitrogen and oxygen atoms in total. The maximum Gasteiger partial charge on any atom is 0.225 e. The molecular weight excluding hydrogens is 398 g/mol. The zero-order valence-electron chi connectivity index (χ0n) is 17.8. The third-order valence-electron chi connectivity index (χ3n) is 5.47. The van der Waals surface area contributed by atoms with Crippen LogP contribution in [0.2, 0.25) is 5.02 Å². The van der Waals surface area contributed by atoms with E-state index in [1.807, 2.05) is 62.2 Å². The van der Waals surface area contributed by atoms with E-state index in [2.05, 4.69) is 15.6 Å². The molecule has 1 aliphatic rings. The predicted octanol–water partition coefficient (Wildman–Crippen LogP) is 4.83. The monoisotopic (exact) mass is 425 g/mol. The lowest BCUT2D eigenvalue weighted by Crippen LogP contribution is -2.37. The van der Waals surface area contributed by atoms with Gasteiger partial charge in [-0.1, -0.05) is 23.7 Å². The number of benzene rings is 1. The molecule has 30 heavy (non-hydrogen) atoms. The second kappa shape index (κ2) is 8.40. The zero-order valence-corrected chi connectivity index (χ0v) is 18.6. The van der Waals surface area contributed by atoms with Crippen molar-refractivity contribution >= 4 is 28.5 Å². The van der Waals surface area contributed by atoms with Crippen molar-refractivity contribution < 1.29 is 9.53 Å². The Labute approximate surface area is 182 Å². The van der Waals surface area contributed by atoms with Crippen LogP contribution in [0.15, 0.2) is 42.6 Å². The zero-order chi connectivity index (χ0) is 21.3. The molecule has 0 atom stereocenters. The summed E-state index contributed by atoms with van der Waals surface area (Å²) in [7, 11) is 0. The van der Waals surface area contributed by atoms with E-state index in [9.17, 15) is 4.79 Å². The molecule has 3 aromatic rings. The fourth-order valence-electron chi connectivity index (χ4n) is 4.02. The molecule has 1 aromatic carbocycles. The predicted molar refractivity (Wildman–Crippen MR) is 120 cm³/mol. The molecule has 0 unspecified atom stereocenters. The molecule has 0 spiro atoms. The van der Waals surface area contributed by atoms with E-state index in [0.29, 0.717) is 26.1 Å². The lowest BCUT2D eigenvalue weighted by Gasteiger charge is -2.29. The largest absolute Gasteiger partial charge is 0.375 e. The Morgan fingerprint density at radius 1 is 1.20 bits per heavy atom. The first-order valence-corrected chi connectivity index (χ1v) is 10.8. The molecule has 0 N–H and O–H groups in total. The number of ether oxygens (including phenoxy) is 1. The SMILES string of the molecule is CC(C)(C)OCCC(=O)N1CCc2c(n(Cc3ccc(Cl)cc3)c3ncccc23)C1. The van der Waals surface area contributed by atoms with Gasteiger partial charge in [0.05, 0.1) is 25.2 Å². The lowest BCUT2D eigenvalue weighted by atomic mass is 10.0. The van der Waals surface area contributed by atoms with E-state index in [1.165, 1.54) is 16.6 Å². The van der Waals surface area contributed by atoms with Crippen molar-refractivity contribution in [1.82, 2.24) is 14.5 Å². The summed E-state index contributed by atoms with van der Waals surface area (Å²) in [5.41, 5.74) is 4.39. The summed E-state index contributed by atoms with van der Waals surface area (Å²) in [5, 5.41) is 1.91. The van der Waals surface area contributed by atoms with Crippen LogP contribution in [0.5, 0.6) is 0 Å². The van der Waals surface area contributed by atoms with Crippen molar-refractivity contribution in [3.05, 3.63) is 64.4 Å². The number of nitrogens with zero attached hydrogens (tertiary/aromatic N) is 3. The number of carbonyl (C=O) groups is 1. The Morgan fingerprint density at radius 3 is 2.70 bits per heavy atom. The molecule has 0 bridgehead atoms. The van der Waals surface area contributed by atoms with Gasteiger partial charge in [0, 0.05) is 35.4 Å². The number of hydrogen-bond acceptors (Lipinski definition) is 3. The van der Waals surface area contributed by atoms with Crippen LogP contribution in [0.4, 0.5) is 0 Å². The summed E-state index contributed by atoms with van der Waals surface area (Å²) in [6.07, 6.45) is 3.08. The molecule has 158 valence electrons. The Balaban J connectivity index is 1.59. The average Bonchev–Trinajstić information content (AvgIpc) is 3.02. The summed E-state index contributed by atoms with van der Waals surface area (Å²) in [6, 6.07) is 12.0. The van der Waals surface area contributed by atoms with E-state index in [0.717, 1.165) is 29.2 Å². The van der Waals surface area contributed by atoms with Gasteiger partial charge in [-0.05, 0) is 62.6 Å². The van der Waals surface area contributed by atoms with Gasteiger partial charge in [-0.25, -0.2) is 4.98 Å². The second-order valence-corrected chi connectivity index (χ2v) is 9.22. The molecule has 2 aromatic heterocycles. The topological polar surface area (TPSA) is 47.4 Å². The molecule has 0 aliphatic carbocycles. The minimum atomic E-state index is -0.230. The van der Waals surface area contributed by atoms with Gasteiger partial charge in [0.2, 0.25) is 5.91 Å². The van der Waals surface area contributed by atoms with E-state index >= 15 is 0 Å². The highest BCUT2D eigenvalue weighted by atomic mass is 35.5. The Hall–Kier alpha value is -2.37. The summed E-state index contributed by atoms with van der Waals surface area (Å²) in [6.45, 7) is 8.51. The molecule has 0 radical (unpaired) electrons. The lowest BCUT2D eigenvalue weighted by molar-refractivity contribution is -0.134. The molecule has 1 amide bonds. The first-order valence-electron chi connectivity index (χ1n) is 10.4. The third-order valence-corrected chi connectivity index (χ3v) is 5.72. The average molecular weight is 426 g/mol. The van der Waals surface area contributed by atoms with E-state index in [-0.39, 0.29) is 11.5 Å². The van der Waals surface area contributed by atoms with Crippen LogP contribution in [0, 0.1) is 0 Å².